The molecule has 0 radical (unpaired) electrons. The summed E-state index contributed by atoms with van der Waals surface area (Å²) in [4.78, 5) is 4.48. The number of nitrogens with zero attached hydrogens (tertiary/aromatic N) is 1. The Hall–Kier alpha value is -0.120. The number of hydrogen-bond donors (Lipinski definition) is 0. The standard InChI is InChI=1S/C12H20ClNOS/c1-5-10(15-12(3,4)6-2)11-14-9(7-13)8-16-11/h8,10H,5-7H2,1-4H3. The van der Waals surface area contributed by atoms with Crippen LogP contribution in [0.3, 0.4) is 0 Å². The third-order valence-electron chi connectivity index (χ3n) is 2.67. The van der Waals surface area contributed by atoms with Crippen LogP contribution in [0.2, 0.25) is 0 Å². The van der Waals surface area contributed by atoms with Gasteiger partial charge in [0.2, 0.25) is 0 Å². The van der Waals surface area contributed by atoms with Gasteiger partial charge in [-0.3, -0.25) is 0 Å². The molecule has 0 aliphatic heterocycles. The molecule has 1 aromatic heterocycles. The molecule has 1 atom stereocenters. The summed E-state index contributed by atoms with van der Waals surface area (Å²) in [5.41, 5.74) is 0.853. The largest absolute Gasteiger partial charge is 0.365 e. The van der Waals surface area contributed by atoms with Crippen LogP contribution in [0.25, 0.3) is 0 Å². The van der Waals surface area contributed by atoms with Gasteiger partial charge in [0.1, 0.15) is 11.1 Å². The highest BCUT2D eigenvalue weighted by Crippen LogP contribution is 2.30. The average molecular weight is 262 g/mol. The predicted molar refractivity (Wildman–Crippen MR) is 70.2 cm³/mol. The van der Waals surface area contributed by atoms with Gasteiger partial charge in [0.25, 0.3) is 0 Å². The summed E-state index contributed by atoms with van der Waals surface area (Å²) in [6, 6.07) is 0. The fourth-order valence-electron chi connectivity index (χ4n) is 1.31. The zero-order valence-electron chi connectivity index (χ0n) is 10.4. The Kier molecular flexibility index (Phi) is 5.22. The lowest BCUT2D eigenvalue weighted by Gasteiger charge is -2.28. The molecule has 92 valence electrons. The Morgan fingerprint density at radius 2 is 2.19 bits per heavy atom. The van der Waals surface area contributed by atoms with E-state index < -0.39 is 0 Å². The van der Waals surface area contributed by atoms with E-state index in [1.54, 1.807) is 11.3 Å². The molecule has 0 N–H and O–H groups in total. The number of aromatic nitrogens is 1. The molecule has 0 saturated heterocycles. The van der Waals surface area contributed by atoms with Crippen LogP contribution < -0.4 is 0 Å². The van der Waals surface area contributed by atoms with Gasteiger partial charge < -0.3 is 4.74 Å². The molecule has 0 amide bonds. The molecular weight excluding hydrogens is 242 g/mol. The van der Waals surface area contributed by atoms with E-state index in [-0.39, 0.29) is 11.7 Å². The van der Waals surface area contributed by atoms with Crippen LogP contribution in [0.4, 0.5) is 0 Å². The first-order valence-electron chi connectivity index (χ1n) is 5.70. The first-order chi connectivity index (χ1) is 7.52. The van der Waals surface area contributed by atoms with E-state index in [0.717, 1.165) is 23.5 Å². The summed E-state index contributed by atoms with van der Waals surface area (Å²) in [6.45, 7) is 8.49. The van der Waals surface area contributed by atoms with E-state index >= 15 is 0 Å². The van der Waals surface area contributed by atoms with Gasteiger partial charge >= 0.3 is 0 Å². The maximum absolute atomic E-state index is 6.08. The summed E-state index contributed by atoms with van der Waals surface area (Å²) < 4.78 is 6.08. The highest BCUT2D eigenvalue weighted by atomic mass is 35.5. The first-order valence-corrected chi connectivity index (χ1v) is 7.12. The summed E-state index contributed by atoms with van der Waals surface area (Å²) in [7, 11) is 0. The minimum atomic E-state index is -0.0898. The minimum Gasteiger partial charge on any atom is -0.365 e. The zero-order valence-corrected chi connectivity index (χ0v) is 12.0. The van der Waals surface area contributed by atoms with Crippen molar-refractivity contribution in [2.45, 2.75) is 58.1 Å². The first kappa shape index (κ1) is 13.9. The smallest absolute Gasteiger partial charge is 0.122 e. The molecule has 0 bridgehead atoms. The molecule has 1 rings (SSSR count). The fourth-order valence-corrected chi connectivity index (χ4v) is 2.47. The van der Waals surface area contributed by atoms with Crippen LogP contribution in [0.15, 0.2) is 5.38 Å². The fraction of sp³-hybridized carbons (Fsp3) is 0.750. The molecular formula is C12H20ClNOS. The van der Waals surface area contributed by atoms with Gasteiger partial charge in [0.05, 0.1) is 17.2 Å². The number of alkyl halides is 1. The third kappa shape index (κ3) is 3.72. The second kappa shape index (κ2) is 5.99. The van der Waals surface area contributed by atoms with Crippen molar-refractivity contribution in [1.82, 2.24) is 4.98 Å². The Balaban J connectivity index is 2.74. The van der Waals surface area contributed by atoms with Crippen molar-refractivity contribution in [3.63, 3.8) is 0 Å². The second-order valence-electron chi connectivity index (χ2n) is 4.44. The van der Waals surface area contributed by atoms with Crippen molar-refractivity contribution in [2.75, 3.05) is 0 Å². The number of halogens is 1. The molecule has 0 aromatic carbocycles. The molecule has 0 saturated carbocycles. The van der Waals surface area contributed by atoms with Crippen molar-refractivity contribution in [2.24, 2.45) is 0 Å². The summed E-state index contributed by atoms with van der Waals surface area (Å²) in [6.07, 6.45) is 2.03. The van der Waals surface area contributed by atoms with Crippen molar-refractivity contribution in [3.05, 3.63) is 16.1 Å². The molecule has 4 heteroatoms. The third-order valence-corrected chi connectivity index (χ3v) is 3.92. The highest BCUT2D eigenvalue weighted by molar-refractivity contribution is 7.09. The average Bonchev–Trinajstić information content (AvgIpc) is 2.74. The topological polar surface area (TPSA) is 22.1 Å². The van der Waals surface area contributed by atoms with Crippen LogP contribution in [-0.4, -0.2) is 10.6 Å². The van der Waals surface area contributed by atoms with E-state index in [9.17, 15) is 0 Å². The van der Waals surface area contributed by atoms with Crippen molar-refractivity contribution in [3.8, 4) is 0 Å². The quantitative estimate of drug-likeness (QED) is 0.702. The van der Waals surface area contributed by atoms with E-state index in [0.29, 0.717) is 5.88 Å². The van der Waals surface area contributed by atoms with Crippen LogP contribution in [0.5, 0.6) is 0 Å². The molecule has 1 heterocycles. The van der Waals surface area contributed by atoms with E-state index in [1.165, 1.54) is 0 Å². The molecule has 1 aromatic rings. The van der Waals surface area contributed by atoms with E-state index in [1.807, 2.05) is 5.38 Å². The number of thiazole rings is 1. The molecule has 16 heavy (non-hydrogen) atoms. The summed E-state index contributed by atoms with van der Waals surface area (Å²) in [5.74, 6) is 0.476. The molecule has 0 aliphatic rings. The van der Waals surface area contributed by atoms with Gasteiger partial charge in [-0.25, -0.2) is 4.98 Å². The maximum Gasteiger partial charge on any atom is 0.122 e. The normalized spacial score (nSPS) is 14.1. The Labute approximate surface area is 107 Å². The van der Waals surface area contributed by atoms with Crippen molar-refractivity contribution in [1.29, 1.82) is 0 Å². The van der Waals surface area contributed by atoms with Gasteiger partial charge in [-0.05, 0) is 26.7 Å². The van der Waals surface area contributed by atoms with Gasteiger partial charge in [0.15, 0.2) is 0 Å². The molecule has 1 unspecified atom stereocenters. The molecule has 2 nitrogen and oxygen atoms in total. The molecule has 0 spiro atoms. The van der Waals surface area contributed by atoms with Gasteiger partial charge in [-0.15, -0.1) is 22.9 Å². The van der Waals surface area contributed by atoms with Crippen LogP contribution in [0.1, 0.15) is 57.3 Å². The Morgan fingerprint density at radius 3 is 2.62 bits per heavy atom. The summed E-state index contributed by atoms with van der Waals surface area (Å²) >= 11 is 7.39. The number of ether oxygens (including phenoxy) is 1. The van der Waals surface area contributed by atoms with E-state index in [4.69, 9.17) is 16.3 Å². The Morgan fingerprint density at radius 1 is 1.50 bits per heavy atom. The van der Waals surface area contributed by atoms with Crippen molar-refractivity contribution >= 4 is 22.9 Å². The maximum atomic E-state index is 6.08. The highest BCUT2D eigenvalue weighted by Gasteiger charge is 2.23. The molecule has 0 fully saturated rings. The summed E-state index contributed by atoms with van der Waals surface area (Å²) in [5, 5.41) is 3.05. The van der Waals surface area contributed by atoms with E-state index in [2.05, 4.69) is 32.7 Å². The lowest BCUT2D eigenvalue weighted by Crippen LogP contribution is -2.25. The zero-order chi connectivity index (χ0) is 12.2. The van der Waals surface area contributed by atoms with Crippen LogP contribution in [-0.2, 0) is 10.6 Å². The van der Waals surface area contributed by atoms with Crippen LogP contribution >= 0.6 is 22.9 Å². The number of hydrogen-bond acceptors (Lipinski definition) is 3. The monoisotopic (exact) mass is 261 g/mol. The van der Waals surface area contributed by atoms with Gasteiger partial charge in [0, 0.05) is 5.38 Å². The SMILES string of the molecule is CCC(OC(C)(C)CC)c1nc(CCl)cs1. The van der Waals surface area contributed by atoms with Gasteiger partial charge in [-0.1, -0.05) is 13.8 Å². The lowest BCUT2D eigenvalue weighted by molar-refractivity contribution is -0.0769. The minimum absolute atomic E-state index is 0.0898. The van der Waals surface area contributed by atoms with Crippen LogP contribution in [0, 0.1) is 0 Å². The lowest BCUT2D eigenvalue weighted by atomic mass is 10.1. The number of rotatable bonds is 6. The van der Waals surface area contributed by atoms with Gasteiger partial charge in [-0.2, -0.15) is 0 Å². The molecule has 0 aliphatic carbocycles. The second-order valence-corrected chi connectivity index (χ2v) is 5.60. The van der Waals surface area contributed by atoms with Crippen molar-refractivity contribution < 1.29 is 4.74 Å². The predicted octanol–water partition coefficient (Wildman–Crippen LogP) is 4.54. The Bertz CT molecular complexity index is 325.